The Morgan fingerprint density at radius 3 is 2.67 bits per heavy atom. The van der Waals surface area contributed by atoms with Crippen molar-refractivity contribution in [2.45, 2.75) is 45.2 Å². The zero-order chi connectivity index (χ0) is 13.3. The van der Waals surface area contributed by atoms with Crippen LogP contribution in [-0.4, -0.2) is 25.2 Å². The van der Waals surface area contributed by atoms with E-state index >= 15 is 0 Å². The summed E-state index contributed by atoms with van der Waals surface area (Å²) in [6, 6.07) is 7.28. The smallest absolute Gasteiger partial charge is 0.0515 e. The van der Waals surface area contributed by atoms with Gasteiger partial charge in [-0.1, -0.05) is 6.07 Å². The fourth-order valence-electron chi connectivity index (χ4n) is 2.93. The Kier molecular flexibility index (Phi) is 4.02. The molecule has 18 heavy (non-hydrogen) atoms. The van der Waals surface area contributed by atoms with E-state index in [-0.39, 0.29) is 5.54 Å². The van der Waals surface area contributed by atoms with Gasteiger partial charge in [0.25, 0.3) is 0 Å². The summed E-state index contributed by atoms with van der Waals surface area (Å²) in [5.74, 6) is 0. The first-order chi connectivity index (χ1) is 8.44. The third kappa shape index (κ3) is 2.72. The van der Waals surface area contributed by atoms with Gasteiger partial charge in [-0.25, -0.2) is 0 Å². The number of nitrogens with one attached hydrogen (secondary N) is 1. The van der Waals surface area contributed by atoms with E-state index < -0.39 is 0 Å². The van der Waals surface area contributed by atoms with Gasteiger partial charge in [0.1, 0.15) is 0 Å². The Bertz CT molecular complexity index is 429. The highest BCUT2D eigenvalue weighted by atomic mass is 79.9. The van der Waals surface area contributed by atoms with Gasteiger partial charge in [-0.15, -0.1) is 0 Å². The van der Waals surface area contributed by atoms with Crippen molar-refractivity contribution in [3.8, 4) is 0 Å². The molecular formula is C15H23BrN2. The summed E-state index contributed by atoms with van der Waals surface area (Å²) >= 11 is 3.71. The number of hydrogen-bond donors (Lipinski definition) is 1. The first kappa shape index (κ1) is 13.9. The second-order valence-corrected chi connectivity index (χ2v) is 6.75. The second-order valence-electron chi connectivity index (χ2n) is 5.90. The molecule has 2 nitrogen and oxygen atoms in total. The van der Waals surface area contributed by atoms with E-state index in [1.165, 1.54) is 28.6 Å². The van der Waals surface area contributed by atoms with E-state index in [0.717, 1.165) is 6.54 Å². The summed E-state index contributed by atoms with van der Waals surface area (Å²) in [5.41, 5.74) is 2.82. The normalized spacial score (nSPS) is 23.2. The minimum Gasteiger partial charge on any atom is -0.365 e. The molecule has 0 aromatic heterocycles. The number of nitrogens with zero attached hydrogens (tertiary/aromatic N) is 1. The molecule has 1 N–H and O–H groups in total. The number of rotatable bonds is 2. The number of hydrogen-bond acceptors (Lipinski definition) is 2. The molecule has 100 valence electrons. The monoisotopic (exact) mass is 310 g/mol. The van der Waals surface area contributed by atoms with Crippen LogP contribution in [0.1, 0.15) is 32.3 Å². The van der Waals surface area contributed by atoms with Crippen LogP contribution in [-0.2, 0) is 0 Å². The average Bonchev–Trinajstić information content (AvgIpc) is 2.29. The van der Waals surface area contributed by atoms with E-state index in [1.807, 2.05) is 0 Å². The largest absolute Gasteiger partial charge is 0.365 e. The van der Waals surface area contributed by atoms with Gasteiger partial charge in [-0.2, -0.15) is 0 Å². The van der Waals surface area contributed by atoms with Gasteiger partial charge in [0, 0.05) is 22.6 Å². The van der Waals surface area contributed by atoms with Gasteiger partial charge in [0.15, 0.2) is 0 Å². The van der Waals surface area contributed by atoms with Crippen LogP contribution in [0.15, 0.2) is 22.7 Å². The Morgan fingerprint density at radius 2 is 2.11 bits per heavy atom. The summed E-state index contributed by atoms with van der Waals surface area (Å²) in [5, 5.41) is 3.42. The Hall–Kier alpha value is -0.540. The zero-order valence-corrected chi connectivity index (χ0v) is 13.3. The lowest BCUT2D eigenvalue weighted by Gasteiger charge is -2.47. The SMILES string of the molecule is CNC1CCN(c2ccc(C)cc2Br)C(C)(C)C1. The van der Waals surface area contributed by atoms with Crippen molar-refractivity contribution in [1.82, 2.24) is 5.32 Å². The van der Waals surface area contributed by atoms with E-state index in [4.69, 9.17) is 0 Å². The Balaban J connectivity index is 2.27. The summed E-state index contributed by atoms with van der Waals surface area (Å²) in [4.78, 5) is 2.53. The molecule has 0 amide bonds. The lowest BCUT2D eigenvalue weighted by atomic mass is 9.86. The molecule has 2 rings (SSSR count). The predicted octanol–water partition coefficient (Wildman–Crippen LogP) is 3.72. The van der Waals surface area contributed by atoms with Gasteiger partial charge < -0.3 is 10.2 Å². The van der Waals surface area contributed by atoms with Crippen LogP contribution in [0.5, 0.6) is 0 Å². The quantitative estimate of drug-likeness (QED) is 0.895. The van der Waals surface area contributed by atoms with E-state index in [1.54, 1.807) is 0 Å². The summed E-state index contributed by atoms with van der Waals surface area (Å²) in [6.07, 6.45) is 2.39. The van der Waals surface area contributed by atoms with Crippen molar-refractivity contribution in [2.75, 3.05) is 18.5 Å². The van der Waals surface area contributed by atoms with Crippen molar-refractivity contribution >= 4 is 21.6 Å². The van der Waals surface area contributed by atoms with Crippen molar-refractivity contribution in [1.29, 1.82) is 0 Å². The molecule has 1 saturated heterocycles. The van der Waals surface area contributed by atoms with E-state index in [0.29, 0.717) is 6.04 Å². The molecule has 1 aromatic rings. The molecule has 3 heteroatoms. The van der Waals surface area contributed by atoms with Crippen molar-refractivity contribution < 1.29 is 0 Å². The fourth-order valence-corrected chi connectivity index (χ4v) is 3.63. The molecule has 1 fully saturated rings. The van der Waals surface area contributed by atoms with Crippen LogP contribution in [0.3, 0.4) is 0 Å². The minimum atomic E-state index is 0.198. The molecule has 0 radical (unpaired) electrons. The molecule has 1 aliphatic heterocycles. The minimum absolute atomic E-state index is 0.198. The fraction of sp³-hybridized carbons (Fsp3) is 0.600. The number of piperidine rings is 1. The lowest BCUT2D eigenvalue weighted by molar-refractivity contribution is 0.301. The van der Waals surface area contributed by atoms with Crippen LogP contribution in [0, 0.1) is 6.92 Å². The van der Waals surface area contributed by atoms with Gasteiger partial charge in [-0.3, -0.25) is 0 Å². The van der Waals surface area contributed by atoms with Crippen LogP contribution in [0.4, 0.5) is 5.69 Å². The molecule has 1 aliphatic rings. The van der Waals surface area contributed by atoms with Crippen molar-refractivity contribution in [3.63, 3.8) is 0 Å². The molecule has 1 atom stereocenters. The molecule has 0 bridgehead atoms. The van der Waals surface area contributed by atoms with Gasteiger partial charge in [-0.05, 0) is 74.3 Å². The maximum atomic E-state index is 3.71. The topological polar surface area (TPSA) is 15.3 Å². The molecule has 0 spiro atoms. The van der Waals surface area contributed by atoms with Crippen LogP contribution in [0.2, 0.25) is 0 Å². The predicted molar refractivity (Wildman–Crippen MR) is 82.4 cm³/mol. The maximum absolute atomic E-state index is 3.71. The first-order valence-corrected chi connectivity index (χ1v) is 7.44. The van der Waals surface area contributed by atoms with Gasteiger partial charge in [0.2, 0.25) is 0 Å². The highest BCUT2D eigenvalue weighted by molar-refractivity contribution is 9.10. The number of benzene rings is 1. The molecule has 1 aromatic carbocycles. The third-order valence-corrected chi connectivity index (χ3v) is 4.62. The van der Waals surface area contributed by atoms with Crippen molar-refractivity contribution in [3.05, 3.63) is 28.2 Å². The molecule has 1 unspecified atom stereocenters. The number of halogens is 1. The zero-order valence-electron chi connectivity index (χ0n) is 11.8. The Labute approximate surface area is 119 Å². The summed E-state index contributed by atoms with van der Waals surface area (Å²) in [7, 11) is 2.07. The van der Waals surface area contributed by atoms with Crippen LogP contribution >= 0.6 is 15.9 Å². The molecule has 1 heterocycles. The lowest BCUT2D eigenvalue weighted by Crippen LogP contribution is -2.54. The molecular weight excluding hydrogens is 288 g/mol. The van der Waals surface area contributed by atoms with Crippen LogP contribution in [0.25, 0.3) is 0 Å². The average molecular weight is 311 g/mol. The van der Waals surface area contributed by atoms with Crippen molar-refractivity contribution in [2.24, 2.45) is 0 Å². The summed E-state index contributed by atoms with van der Waals surface area (Å²) in [6.45, 7) is 7.92. The highest BCUT2D eigenvalue weighted by Gasteiger charge is 2.34. The first-order valence-electron chi connectivity index (χ1n) is 6.65. The summed E-state index contributed by atoms with van der Waals surface area (Å²) < 4.78 is 1.21. The van der Waals surface area contributed by atoms with E-state index in [9.17, 15) is 0 Å². The maximum Gasteiger partial charge on any atom is 0.0515 e. The van der Waals surface area contributed by atoms with Gasteiger partial charge in [0.05, 0.1) is 5.69 Å². The van der Waals surface area contributed by atoms with Gasteiger partial charge >= 0.3 is 0 Å². The highest BCUT2D eigenvalue weighted by Crippen LogP contribution is 2.37. The number of anilines is 1. The van der Waals surface area contributed by atoms with Crippen LogP contribution < -0.4 is 10.2 Å². The standard InChI is InChI=1S/C15H23BrN2/c1-11-5-6-14(13(16)9-11)18-8-7-12(17-4)10-15(18,2)3/h5-6,9,12,17H,7-8,10H2,1-4H3. The Morgan fingerprint density at radius 1 is 1.39 bits per heavy atom. The second kappa shape index (κ2) is 5.22. The molecule has 0 aliphatic carbocycles. The molecule has 0 saturated carbocycles. The third-order valence-electron chi connectivity index (χ3n) is 3.98. The van der Waals surface area contributed by atoms with E-state index in [2.05, 4.69) is 72.2 Å². The number of aryl methyl sites for hydroxylation is 1.